The highest BCUT2D eigenvalue weighted by atomic mass is 16.5. The Morgan fingerprint density at radius 2 is 2.15 bits per heavy atom. The summed E-state index contributed by atoms with van der Waals surface area (Å²) in [5.74, 6) is 0.215. The second-order valence-electron chi connectivity index (χ2n) is 5.52. The maximum absolute atomic E-state index is 12.2. The van der Waals surface area contributed by atoms with Crippen molar-refractivity contribution in [2.24, 2.45) is 5.92 Å². The molecule has 0 unspecified atom stereocenters. The summed E-state index contributed by atoms with van der Waals surface area (Å²) in [6.45, 7) is 1.58. The summed E-state index contributed by atoms with van der Waals surface area (Å²) < 4.78 is 7.31. The molecule has 0 spiro atoms. The molecule has 2 heterocycles. The van der Waals surface area contributed by atoms with Gasteiger partial charge < -0.3 is 10.1 Å². The third kappa shape index (κ3) is 3.10. The molecule has 1 amide bonds. The van der Waals surface area contributed by atoms with Crippen LogP contribution in [0.4, 0.5) is 5.69 Å². The van der Waals surface area contributed by atoms with Crippen molar-refractivity contribution >= 4 is 11.6 Å². The van der Waals surface area contributed by atoms with Gasteiger partial charge in [-0.2, -0.15) is 5.10 Å². The molecule has 1 fully saturated rings. The number of allylic oxidation sites excluding steroid dienone is 2. The average Bonchev–Trinajstić information content (AvgIpc) is 2.97. The van der Waals surface area contributed by atoms with E-state index < -0.39 is 0 Å². The number of carbonyl (C=O) groups excluding carboxylic acids is 1. The van der Waals surface area contributed by atoms with Crippen LogP contribution < -0.4 is 5.32 Å². The lowest BCUT2D eigenvalue weighted by Crippen LogP contribution is -2.23. The van der Waals surface area contributed by atoms with E-state index in [9.17, 15) is 4.79 Å². The minimum atomic E-state index is 0.103. The lowest BCUT2D eigenvalue weighted by Gasteiger charge is -2.22. The normalized spacial score (nSPS) is 23.7. The number of hydrogen-bond acceptors (Lipinski definition) is 3. The highest BCUT2D eigenvalue weighted by Gasteiger charge is 2.20. The Morgan fingerprint density at radius 3 is 2.90 bits per heavy atom. The molecule has 0 radical (unpaired) electrons. The number of amides is 1. The van der Waals surface area contributed by atoms with Crippen LogP contribution in [-0.2, 0) is 9.53 Å². The molecule has 108 valence electrons. The number of anilines is 1. The fourth-order valence-electron chi connectivity index (χ4n) is 2.83. The van der Waals surface area contributed by atoms with Gasteiger partial charge in [-0.1, -0.05) is 12.2 Å². The van der Waals surface area contributed by atoms with E-state index in [-0.39, 0.29) is 11.8 Å². The van der Waals surface area contributed by atoms with Crippen LogP contribution >= 0.6 is 0 Å². The van der Waals surface area contributed by atoms with E-state index in [1.54, 1.807) is 6.20 Å². The largest absolute Gasteiger partial charge is 0.381 e. The maximum Gasteiger partial charge on any atom is 0.227 e. The van der Waals surface area contributed by atoms with Crippen molar-refractivity contribution in [3.8, 4) is 0 Å². The van der Waals surface area contributed by atoms with E-state index in [0.717, 1.165) is 51.0 Å². The maximum atomic E-state index is 12.2. The van der Waals surface area contributed by atoms with Crippen molar-refractivity contribution in [2.45, 2.75) is 38.1 Å². The van der Waals surface area contributed by atoms with Crippen LogP contribution in [0.2, 0.25) is 0 Å². The number of aromatic nitrogens is 2. The fourth-order valence-corrected chi connectivity index (χ4v) is 2.83. The molecule has 0 aromatic carbocycles. The summed E-state index contributed by atoms with van der Waals surface area (Å²) in [6, 6.07) is 0.395. The van der Waals surface area contributed by atoms with Gasteiger partial charge in [0.25, 0.3) is 0 Å². The van der Waals surface area contributed by atoms with Gasteiger partial charge in [0, 0.05) is 25.3 Å². The first-order valence-corrected chi connectivity index (χ1v) is 7.40. The smallest absolute Gasteiger partial charge is 0.227 e. The van der Waals surface area contributed by atoms with Crippen molar-refractivity contribution in [1.82, 2.24) is 9.78 Å². The predicted octanol–water partition coefficient (Wildman–Crippen LogP) is 2.53. The van der Waals surface area contributed by atoms with E-state index in [1.165, 1.54) is 0 Å². The van der Waals surface area contributed by atoms with E-state index in [4.69, 9.17) is 4.74 Å². The molecule has 1 N–H and O–H groups in total. The third-order valence-corrected chi connectivity index (χ3v) is 4.07. The summed E-state index contributed by atoms with van der Waals surface area (Å²) in [5, 5.41) is 7.35. The number of nitrogens with zero attached hydrogens (tertiary/aromatic N) is 2. The molecule has 5 heteroatoms. The minimum Gasteiger partial charge on any atom is -0.381 e. The van der Waals surface area contributed by atoms with E-state index in [2.05, 4.69) is 22.6 Å². The molecular weight excluding hydrogens is 254 g/mol. The molecule has 0 saturated carbocycles. The average molecular weight is 275 g/mol. The molecule has 2 aliphatic rings. The first-order chi connectivity index (χ1) is 9.83. The highest BCUT2D eigenvalue weighted by molar-refractivity contribution is 5.92. The van der Waals surface area contributed by atoms with Crippen LogP contribution in [0.5, 0.6) is 0 Å². The quantitative estimate of drug-likeness (QED) is 0.862. The molecule has 5 nitrogen and oxygen atoms in total. The summed E-state index contributed by atoms with van der Waals surface area (Å²) in [6.07, 6.45) is 12.7. The third-order valence-electron chi connectivity index (χ3n) is 4.07. The van der Waals surface area contributed by atoms with Crippen molar-refractivity contribution in [3.05, 3.63) is 24.5 Å². The van der Waals surface area contributed by atoms with E-state index in [1.807, 2.05) is 10.9 Å². The Bertz CT molecular complexity index is 489. The van der Waals surface area contributed by atoms with Crippen LogP contribution in [0, 0.1) is 5.92 Å². The van der Waals surface area contributed by atoms with Crippen LogP contribution in [0.15, 0.2) is 24.5 Å². The minimum absolute atomic E-state index is 0.103. The first-order valence-electron chi connectivity index (χ1n) is 7.40. The molecule has 0 bridgehead atoms. The van der Waals surface area contributed by atoms with E-state index >= 15 is 0 Å². The standard InChI is InChI=1S/C15H21N3O2/c19-15(12-4-2-1-3-5-12)17-13-10-16-18(11-13)14-6-8-20-9-7-14/h1-2,10-12,14H,3-9H2,(H,17,19)/t12-/m1/s1. The Balaban J connectivity index is 1.59. The molecule has 1 aromatic rings. The molecule has 20 heavy (non-hydrogen) atoms. The first kappa shape index (κ1) is 13.4. The zero-order valence-electron chi connectivity index (χ0n) is 11.6. The van der Waals surface area contributed by atoms with Gasteiger partial charge in [-0.25, -0.2) is 0 Å². The Kier molecular flexibility index (Phi) is 4.16. The van der Waals surface area contributed by atoms with Crippen molar-refractivity contribution in [3.63, 3.8) is 0 Å². The molecule has 3 rings (SSSR count). The summed E-state index contributed by atoms with van der Waals surface area (Å²) >= 11 is 0. The highest BCUT2D eigenvalue weighted by Crippen LogP contribution is 2.23. The molecule has 1 aromatic heterocycles. The zero-order valence-corrected chi connectivity index (χ0v) is 11.6. The second kappa shape index (κ2) is 6.22. The number of nitrogens with one attached hydrogen (secondary N) is 1. The predicted molar refractivity (Wildman–Crippen MR) is 76.4 cm³/mol. The van der Waals surface area contributed by atoms with E-state index in [0.29, 0.717) is 6.04 Å². The zero-order chi connectivity index (χ0) is 13.8. The second-order valence-corrected chi connectivity index (χ2v) is 5.52. The lowest BCUT2D eigenvalue weighted by atomic mass is 9.94. The molecule has 1 aliphatic carbocycles. The number of carbonyl (C=O) groups is 1. The lowest BCUT2D eigenvalue weighted by molar-refractivity contribution is -0.120. The molecule has 1 atom stereocenters. The van der Waals surface area contributed by atoms with Crippen LogP contribution in [0.1, 0.15) is 38.1 Å². The van der Waals surface area contributed by atoms with Gasteiger partial charge in [-0.05, 0) is 32.1 Å². The summed E-state index contributed by atoms with van der Waals surface area (Å²) in [4.78, 5) is 12.2. The van der Waals surface area contributed by atoms with Gasteiger partial charge in [0.1, 0.15) is 0 Å². The molecular formula is C15H21N3O2. The topological polar surface area (TPSA) is 56.2 Å². The summed E-state index contributed by atoms with van der Waals surface area (Å²) in [7, 11) is 0. The van der Waals surface area contributed by atoms with Crippen LogP contribution in [0.3, 0.4) is 0 Å². The van der Waals surface area contributed by atoms with Crippen LogP contribution in [-0.4, -0.2) is 28.9 Å². The Labute approximate surface area is 119 Å². The SMILES string of the molecule is O=C(Nc1cnn(C2CCOCC2)c1)[C@@H]1CC=CCC1. The van der Waals surface area contributed by atoms with Gasteiger partial charge >= 0.3 is 0 Å². The summed E-state index contributed by atoms with van der Waals surface area (Å²) in [5.41, 5.74) is 0.802. The molecule has 1 saturated heterocycles. The Hall–Kier alpha value is -1.62. The number of ether oxygens (including phenoxy) is 1. The monoisotopic (exact) mass is 275 g/mol. The fraction of sp³-hybridized carbons (Fsp3) is 0.600. The van der Waals surface area contributed by atoms with Crippen molar-refractivity contribution in [2.75, 3.05) is 18.5 Å². The van der Waals surface area contributed by atoms with Gasteiger partial charge in [-0.15, -0.1) is 0 Å². The number of hydrogen-bond donors (Lipinski definition) is 1. The Morgan fingerprint density at radius 1 is 1.30 bits per heavy atom. The number of rotatable bonds is 3. The van der Waals surface area contributed by atoms with Gasteiger partial charge in [-0.3, -0.25) is 9.48 Å². The van der Waals surface area contributed by atoms with Gasteiger partial charge in [0.2, 0.25) is 5.91 Å². The van der Waals surface area contributed by atoms with Gasteiger partial charge in [0.05, 0.1) is 17.9 Å². The van der Waals surface area contributed by atoms with Crippen molar-refractivity contribution < 1.29 is 9.53 Å². The molecule has 1 aliphatic heterocycles. The van der Waals surface area contributed by atoms with Gasteiger partial charge in [0.15, 0.2) is 0 Å². The van der Waals surface area contributed by atoms with Crippen LogP contribution in [0.25, 0.3) is 0 Å². The van der Waals surface area contributed by atoms with Crippen molar-refractivity contribution in [1.29, 1.82) is 0 Å².